The molecule has 4 rings (SSSR count). The third-order valence-electron chi connectivity index (χ3n) is 6.22. The maximum Gasteiger partial charge on any atom is 0.439 e. The van der Waals surface area contributed by atoms with E-state index in [4.69, 9.17) is 9.29 Å². The van der Waals surface area contributed by atoms with Gasteiger partial charge < -0.3 is 9.29 Å². The van der Waals surface area contributed by atoms with Crippen LogP contribution in [0, 0.1) is 23.2 Å². The van der Waals surface area contributed by atoms with Crippen LogP contribution in [0.4, 0.5) is 8.78 Å². The van der Waals surface area contributed by atoms with Crippen molar-refractivity contribution in [3.05, 3.63) is 0 Å². The molecule has 0 radical (unpaired) electrons. The van der Waals surface area contributed by atoms with E-state index in [-0.39, 0.29) is 5.41 Å². The van der Waals surface area contributed by atoms with E-state index in [1.807, 2.05) is 0 Å². The molecule has 112 valence electrons. The van der Waals surface area contributed by atoms with E-state index in [2.05, 4.69) is 0 Å². The predicted octanol–water partition coefficient (Wildman–Crippen LogP) is 2.31. The van der Waals surface area contributed by atoms with Gasteiger partial charge in [0.15, 0.2) is 0 Å². The average molecular weight is 306 g/mol. The van der Waals surface area contributed by atoms with Gasteiger partial charge in [-0.25, -0.2) is 9.00 Å². The summed E-state index contributed by atoms with van der Waals surface area (Å²) < 4.78 is 51.0. The number of ether oxygens (including phenoxy) is 1. The molecule has 6 atom stereocenters. The SMILES string of the molecule is O=C(OC12CC3CC4CC(C1)C2(C4)C3)C(F)(F)S(=O)O. The molecule has 4 aliphatic rings. The van der Waals surface area contributed by atoms with Crippen LogP contribution in [0.2, 0.25) is 0 Å². The highest BCUT2D eigenvalue weighted by molar-refractivity contribution is 7.81. The number of esters is 1. The molecule has 0 aliphatic heterocycles. The van der Waals surface area contributed by atoms with Gasteiger partial charge in [0, 0.05) is 5.41 Å². The Labute approximate surface area is 117 Å². The van der Waals surface area contributed by atoms with Crippen molar-refractivity contribution in [2.45, 2.75) is 49.4 Å². The molecule has 1 spiro atoms. The van der Waals surface area contributed by atoms with E-state index in [0.717, 1.165) is 25.7 Å². The molecule has 7 heteroatoms. The highest BCUT2D eigenvalue weighted by Crippen LogP contribution is 2.78. The lowest BCUT2D eigenvalue weighted by Gasteiger charge is -2.57. The van der Waals surface area contributed by atoms with Gasteiger partial charge in [0.1, 0.15) is 5.60 Å². The quantitative estimate of drug-likeness (QED) is 0.642. The molecule has 4 fully saturated rings. The van der Waals surface area contributed by atoms with Crippen molar-refractivity contribution < 1.29 is 27.1 Å². The average Bonchev–Trinajstić information content (AvgIpc) is 2.66. The maximum absolute atomic E-state index is 13.3. The first kappa shape index (κ1) is 13.1. The summed E-state index contributed by atoms with van der Waals surface area (Å²) in [7, 11) is 0. The standard InChI is InChI=1S/C13H16F2O4S/c14-13(15,20(17)18)10(16)19-12-5-8-1-7-2-9(6-12)11(12,3-7)4-8/h7-9H,1-6H2,(H,17,18). The van der Waals surface area contributed by atoms with Crippen LogP contribution in [0.25, 0.3) is 0 Å². The van der Waals surface area contributed by atoms with Gasteiger partial charge in [-0.1, -0.05) is 0 Å². The first-order chi connectivity index (χ1) is 9.29. The summed E-state index contributed by atoms with van der Waals surface area (Å²) in [6.07, 6.45) is 5.47. The number of fused-ring (bicyclic) bond motifs is 2. The Morgan fingerprint density at radius 2 is 1.90 bits per heavy atom. The molecule has 4 saturated carbocycles. The van der Waals surface area contributed by atoms with Crippen molar-refractivity contribution in [1.29, 1.82) is 0 Å². The summed E-state index contributed by atoms with van der Waals surface area (Å²) >= 11 is -3.53. The summed E-state index contributed by atoms with van der Waals surface area (Å²) in [5.41, 5.74) is -0.892. The highest BCUT2D eigenvalue weighted by Gasteiger charge is 2.77. The van der Waals surface area contributed by atoms with Gasteiger partial charge in [0.2, 0.25) is 11.1 Å². The molecule has 4 nitrogen and oxygen atoms in total. The van der Waals surface area contributed by atoms with Crippen LogP contribution in [-0.4, -0.2) is 25.6 Å². The molecule has 3 bridgehead atoms. The van der Waals surface area contributed by atoms with E-state index in [9.17, 15) is 17.8 Å². The Kier molecular flexibility index (Phi) is 2.37. The molecular weight excluding hydrogens is 290 g/mol. The zero-order valence-corrected chi connectivity index (χ0v) is 11.6. The lowest BCUT2D eigenvalue weighted by molar-refractivity contribution is -0.226. The van der Waals surface area contributed by atoms with Gasteiger partial charge in [0.05, 0.1) is 0 Å². The van der Waals surface area contributed by atoms with Crippen molar-refractivity contribution >= 4 is 17.0 Å². The van der Waals surface area contributed by atoms with Crippen molar-refractivity contribution in [3.63, 3.8) is 0 Å². The Morgan fingerprint density at radius 3 is 2.60 bits per heavy atom. The molecule has 0 aromatic heterocycles. The molecule has 6 unspecified atom stereocenters. The van der Waals surface area contributed by atoms with Gasteiger partial charge in [-0.05, 0) is 56.3 Å². The van der Waals surface area contributed by atoms with Crippen molar-refractivity contribution in [1.82, 2.24) is 0 Å². The van der Waals surface area contributed by atoms with Gasteiger partial charge >= 0.3 is 11.2 Å². The summed E-state index contributed by atoms with van der Waals surface area (Å²) in [6, 6.07) is 0. The minimum Gasteiger partial charge on any atom is -0.453 e. The fraction of sp³-hybridized carbons (Fsp3) is 0.923. The molecule has 0 aromatic rings. The lowest BCUT2D eigenvalue weighted by atomic mass is 9.52. The number of alkyl halides is 2. The fourth-order valence-corrected chi connectivity index (χ4v) is 5.97. The number of halogens is 2. The zero-order chi connectivity index (χ0) is 14.3. The second kappa shape index (κ2) is 3.61. The van der Waals surface area contributed by atoms with E-state index in [1.54, 1.807) is 0 Å². The largest absolute Gasteiger partial charge is 0.453 e. The molecule has 0 aromatic carbocycles. The van der Waals surface area contributed by atoms with Crippen LogP contribution in [-0.2, 0) is 20.6 Å². The number of rotatable bonds is 3. The minimum atomic E-state index is -4.33. The molecular formula is C13H16F2O4S. The second-order valence-electron chi connectivity index (χ2n) is 7.02. The first-order valence-electron chi connectivity index (χ1n) is 7.01. The van der Waals surface area contributed by atoms with E-state index in [0.29, 0.717) is 30.6 Å². The summed E-state index contributed by atoms with van der Waals surface area (Å²) in [5.74, 6) is -0.236. The van der Waals surface area contributed by atoms with Crippen LogP contribution in [0.15, 0.2) is 0 Å². The number of hydrogen-bond acceptors (Lipinski definition) is 3. The van der Waals surface area contributed by atoms with Crippen LogP contribution >= 0.6 is 0 Å². The number of hydrogen-bond donors (Lipinski definition) is 1. The summed E-state index contributed by atoms with van der Waals surface area (Å²) in [4.78, 5) is 11.6. The van der Waals surface area contributed by atoms with Crippen molar-refractivity contribution in [2.75, 3.05) is 0 Å². The van der Waals surface area contributed by atoms with Crippen molar-refractivity contribution in [2.24, 2.45) is 23.2 Å². The Morgan fingerprint density at radius 1 is 1.20 bits per heavy atom. The molecule has 0 saturated heterocycles. The minimum absolute atomic E-state index is 0.108. The fourth-order valence-electron chi connectivity index (χ4n) is 5.79. The molecule has 20 heavy (non-hydrogen) atoms. The Bertz CT molecular complexity index is 519. The van der Waals surface area contributed by atoms with Crippen LogP contribution in [0.1, 0.15) is 38.5 Å². The Hall–Kier alpha value is -0.560. The molecule has 0 heterocycles. The summed E-state index contributed by atoms with van der Waals surface area (Å²) in [6.45, 7) is 0. The van der Waals surface area contributed by atoms with Gasteiger partial charge in [-0.3, -0.25) is 0 Å². The van der Waals surface area contributed by atoms with Gasteiger partial charge in [-0.2, -0.15) is 8.78 Å². The summed E-state index contributed by atoms with van der Waals surface area (Å²) in [5, 5.41) is -4.33. The monoisotopic (exact) mass is 306 g/mol. The maximum atomic E-state index is 13.3. The van der Waals surface area contributed by atoms with Crippen LogP contribution in [0.3, 0.4) is 0 Å². The van der Waals surface area contributed by atoms with E-state index < -0.39 is 27.9 Å². The van der Waals surface area contributed by atoms with Gasteiger partial charge in [0.25, 0.3) is 0 Å². The molecule has 4 aliphatic carbocycles. The van der Waals surface area contributed by atoms with Gasteiger partial charge in [-0.15, -0.1) is 0 Å². The topological polar surface area (TPSA) is 63.6 Å². The smallest absolute Gasteiger partial charge is 0.439 e. The lowest BCUT2D eigenvalue weighted by Crippen LogP contribution is -2.61. The Balaban J connectivity index is 1.61. The number of carbonyl (C=O) groups is 1. The normalized spacial score (nSPS) is 49.6. The van der Waals surface area contributed by atoms with Crippen LogP contribution in [0.5, 0.6) is 0 Å². The second-order valence-corrected chi connectivity index (χ2v) is 8.03. The molecule has 1 N–H and O–H groups in total. The third kappa shape index (κ3) is 1.33. The number of carbonyl (C=O) groups excluding carboxylic acids is 1. The van der Waals surface area contributed by atoms with Crippen molar-refractivity contribution in [3.8, 4) is 0 Å². The highest BCUT2D eigenvalue weighted by atomic mass is 32.2. The first-order valence-corrected chi connectivity index (χ1v) is 8.12. The van der Waals surface area contributed by atoms with Crippen LogP contribution < -0.4 is 0 Å². The zero-order valence-electron chi connectivity index (χ0n) is 10.8. The van der Waals surface area contributed by atoms with E-state index >= 15 is 0 Å². The predicted molar refractivity (Wildman–Crippen MR) is 65.1 cm³/mol. The molecule has 0 amide bonds. The third-order valence-corrected chi connectivity index (χ3v) is 6.82. The van der Waals surface area contributed by atoms with E-state index in [1.165, 1.54) is 0 Å².